The molecule has 16 heavy (non-hydrogen) atoms. The highest BCUT2D eigenvalue weighted by Gasteiger charge is 2.19. The van der Waals surface area contributed by atoms with Crippen molar-refractivity contribution in [3.05, 3.63) is 39.9 Å². The van der Waals surface area contributed by atoms with Crippen LogP contribution in [0.15, 0.2) is 24.3 Å². The lowest BCUT2D eigenvalue weighted by Crippen LogP contribution is -2.16. The van der Waals surface area contributed by atoms with E-state index in [1.165, 1.54) is 18.2 Å². The average Bonchev–Trinajstić information content (AvgIpc) is 2.15. The molecule has 0 heterocycles. The topological polar surface area (TPSA) is 89.3 Å². The third-order valence-electron chi connectivity index (χ3n) is 1.55. The van der Waals surface area contributed by atoms with Gasteiger partial charge in [0, 0.05) is 17.7 Å². The lowest BCUT2D eigenvalue weighted by atomic mass is 10.2. The van der Waals surface area contributed by atoms with E-state index in [9.17, 15) is 19.5 Å². The molecule has 1 N–H and O–H groups in total. The van der Waals surface area contributed by atoms with Crippen molar-refractivity contribution in [1.82, 2.24) is 5.09 Å². The number of hydrogen-bond acceptors (Lipinski definition) is 4. The molecule has 0 radical (unpaired) electrons. The van der Waals surface area contributed by atoms with E-state index in [0.717, 1.165) is 6.07 Å². The third kappa shape index (κ3) is 3.81. The minimum atomic E-state index is -3.75. The van der Waals surface area contributed by atoms with Gasteiger partial charge in [-0.15, -0.1) is 0 Å². The van der Waals surface area contributed by atoms with Crippen LogP contribution >= 0.6 is 28.5 Å². The van der Waals surface area contributed by atoms with Gasteiger partial charge in [0.05, 0.1) is 4.92 Å². The molecule has 0 bridgehead atoms. The number of rotatable bonds is 3. The van der Waals surface area contributed by atoms with E-state index in [1.54, 1.807) is 0 Å². The monoisotopic (exact) mass is 282 g/mol. The average molecular weight is 283 g/mol. The number of carbonyl (C=O) groups is 1. The van der Waals surface area contributed by atoms with Crippen molar-refractivity contribution in [2.75, 3.05) is 0 Å². The first-order valence-electron chi connectivity index (χ1n) is 3.86. The number of nitro groups is 1. The van der Waals surface area contributed by atoms with Crippen molar-refractivity contribution in [3.8, 4) is 0 Å². The predicted octanol–water partition coefficient (Wildman–Crippen LogP) is 2.91. The molecule has 0 unspecified atom stereocenters. The van der Waals surface area contributed by atoms with Gasteiger partial charge in [-0.05, 0) is 28.5 Å². The molecular weight excluding hydrogens is 278 g/mol. The molecule has 0 atom stereocenters. The summed E-state index contributed by atoms with van der Waals surface area (Å²) in [7, 11) is 0. The van der Waals surface area contributed by atoms with Crippen LogP contribution in [0, 0.1) is 10.1 Å². The molecule has 0 aliphatic carbocycles. The number of amides is 1. The second kappa shape index (κ2) is 4.82. The smallest absolute Gasteiger partial charge is 0.279 e. The van der Waals surface area contributed by atoms with Gasteiger partial charge in [0.25, 0.3) is 11.6 Å². The van der Waals surface area contributed by atoms with Gasteiger partial charge in [0.1, 0.15) is 0 Å². The Bertz CT molecular complexity index is 487. The molecule has 9 heteroatoms. The molecule has 0 aromatic heterocycles. The predicted molar refractivity (Wildman–Crippen MR) is 59.9 cm³/mol. The fraction of sp³-hybridized carbons (Fsp3) is 0. The maximum atomic E-state index is 11.4. The van der Waals surface area contributed by atoms with E-state index >= 15 is 0 Å². The fourth-order valence-electron chi connectivity index (χ4n) is 0.943. The van der Waals surface area contributed by atoms with Gasteiger partial charge in [-0.1, -0.05) is 6.07 Å². The summed E-state index contributed by atoms with van der Waals surface area (Å²) in [6.45, 7) is 0. The summed E-state index contributed by atoms with van der Waals surface area (Å²) in [6.07, 6.45) is 0. The summed E-state index contributed by atoms with van der Waals surface area (Å²) >= 11 is 10.3. The van der Waals surface area contributed by atoms with Crippen LogP contribution in [0.5, 0.6) is 0 Å². The van der Waals surface area contributed by atoms with Crippen LogP contribution in [0.3, 0.4) is 0 Å². The van der Waals surface area contributed by atoms with E-state index in [1.807, 2.05) is 5.09 Å². The Labute approximate surface area is 99.7 Å². The van der Waals surface area contributed by atoms with Gasteiger partial charge < -0.3 is 0 Å². The maximum Gasteiger partial charge on any atom is 0.345 e. The number of non-ortho nitro benzene ring substituents is 1. The highest BCUT2D eigenvalue weighted by Crippen LogP contribution is 2.52. The Hall–Kier alpha value is -1.10. The summed E-state index contributed by atoms with van der Waals surface area (Å²) in [5.41, 5.74) is -0.303. The summed E-state index contributed by atoms with van der Waals surface area (Å²) in [5.74, 6) is -4.59. The van der Waals surface area contributed by atoms with Crippen LogP contribution in [0.2, 0.25) is 0 Å². The van der Waals surface area contributed by atoms with E-state index in [0.29, 0.717) is 0 Å². The normalized spacial score (nSPS) is 10.9. The highest BCUT2D eigenvalue weighted by atomic mass is 35.9. The van der Waals surface area contributed by atoms with Gasteiger partial charge in [0.2, 0.25) is 0 Å². The van der Waals surface area contributed by atoms with Gasteiger partial charge in [-0.2, -0.15) is 0 Å². The molecule has 0 saturated carbocycles. The first-order valence-corrected chi connectivity index (χ1v) is 7.38. The third-order valence-corrected chi connectivity index (χ3v) is 2.52. The van der Waals surface area contributed by atoms with Crippen molar-refractivity contribution >= 4 is 40.1 Å². The molecule has 1 aromatic rings. The van der Waals surface area contributed by atoms with Gasteiger partial charge >= 0.3 is 6.00 Å². The fourth-order valence-corrected chi connectivity index (χ4v) is 1.77. The Kier molecular flexibility index (Phi) is 3.91. The summed E-state index contributed by atoms with van der Waals surface area (Å²) in [4.78, 5) is 21.1. The second-order valence-electron chi connectivity index (χ2n) is 2.71. The molecule has 0 aliphatic heterocycles. The van der Waals surface area contributed by atoms with Crippen LogP contribution in [-0.4, -0.2) is 10.8 Å². The maximum absolute atomic E-state index is 11.4. The minimum absolute atomic E-state index is 0.0456. The Balaban J connectivity index is 2.97. The summed E-state index contributed by atoms with van der Waals surface area (Å²) in [6, 6.07) is 4.88. The largest absolute Gasteiger partial charge is 0.345 e. The lowest BCUT2D eigenvalue weighted by molar-refractivity contribution is -0.384. The van der Waals surface area contributed by atoms with E-state index in [-0.39, 0.29) is 11.3 Å². The van der Waals surface area contributed by atoms with Crippen molar-refractivity contribution in [3.63, 3.8) is 0 Å². The number of nitrogens with one attached hydrogen (secondary N) is 1. The number of benzene rings is 1. The number of hydrogen-bond donors (Lipinski definition) is 1. The van der Waals surface area contributed by atoms with Crippen LogP contribution < -0.4 is 5.09 Å². The van der Waals surface area contributed by atoms with Crippen LogP contribution in [-0.2, 0) is 4.57 Å². The molecule has 0 aliphatic rings. The van der Waals surface area contributed by atoms with E-state index < -0.39 is 16.8 Å². The molecule has 6 nitrogen and oxygen atoms in total. The molecule has 1 amide bonds. The molecule has 0 saturated heterocycles. The molecule has 1 aromatic carbocycles. The van der Waals surface area contributed by atoms with E-state index in [4.69, 9.17) is 22.5 Å². The molecule has 86 valence electrons. The number of carbonyl (C=O) groups excluding carboxylic acids is 1. The van der Waals surface area contributed by atoms with Gasteiger partial charge in [0.15, 0.2) is 0 Å². The van der Waals surface area contributed by atoms with Crippen molar-refractivity contribution in [2.24, 2.45) is 0 Å². The summed E-state index contributed by atoms with van der Waals surface area (Å²) in [5, 5.41) is 12.3. The number of nitrogens with zero attached hydrogens (tertiary/aromatic N) is 1. The zero-order valence-electron chi connectivity index (χ0n) is 7.59. The highest BCUT2D eigenvalue weighted by molar-refractivity contribution is 8.07. The molecule has 1 rings (SSSR count). The van der Waals surface area contributed by atoms with Gasteiger partial charge in [-0.3, -0.25) is 24.6 Å². The van der Waals surface area contributed by atoms with Crippen LogP contribution in [0.4, 0.5) is 5.69 Å². The molecule has 0 spiro atoms. The Morgan fingerprint density at radius 1 is 1.44 bits per heavy atom. The standard InChI is InChI=1S/C7H5Cl2N2O4P/c8-16(9,15)10-7(12)5-2-1-3-6(4-5)11(13)14/h1-4H,(H,10,12,15). The van der Waals surface area contributed by atoms with E-state index in [2.05, 4.69) is 0 Å². The van der Waals surface area contributed by atoms with Crippen molar-refractivity contribution in [1.29, 1.82) is 0 Å². The number of halogens is 2. The lowest BCUT2D eigenvalue weighted by Gasteiger charge is -2.04. The second-order valence-corrected chi connectivity index (χ2v) is 7.23. The first-order chi connectivity index (χ1) is 7.29. The van der Waals surface area contributed by atoms with Crippen LogP contribution in [0.25, 0.3) is 0 Å². The minimum Gasteiger partial charge on any atom is -0.279 e. The molecular formula is C7H5Cl2N2O4P. The Morgan fingerprint density at radius 2 is 2.06 bits per heavy atom. The van der Waals surface area contributed by atoms with Crippen molar-refractivity contribution in [2.45, 2.75) is 0 Å². The zero-order valence-corrected chi connectivity index (χ0v) is 10.00. The van der Waals surface area contributed by atoms with Gasteiger partial charge in [-0.25, -0.2) is 0 Å². The first kappa shape index (κ1) is 13.0. The summed E-state index contributed by atoms with van der Waals surface area (Å²) < 4.78 is 10.9. The number of nitro benzene ring substituents is 1. The Morgan fingerprint density at radius 3 is 2.56 bits per heavy atom. The SMILES string of the molecule is O=C(NP(=O)(Cl)Cl)c1cccc([N+](=O)[O-])c1. The van der Waals surface area contributed by atoms with Crippen molar-refractivity contribution < 1.29 is 14.3 Å². The quantitative estimate of drug-likeness (QED) is 0.524. The van der Waals surface area contributed by atoms with Crippen LogP contribution in [0.1, 0.15) is 10.4 Å². The zero-order chi connectivity index (χ0) is 12.3. The molecule has 0 fully saturated rings.